The van der Waals surface area contributed by atoms with Gasteiger partial charge in [0.05, 0.1) is 0 Å². The van der Waals surface area contributed by atoms with E-state index in [1.54, 1.807) is 0 Å². The molecular weight excluding hydrogens is 208 g/mol. The SMILES string of the molecule is Cc1cc(C)c(CN2CC(C)C(N)C2)c(C)c1. The Labute approximate surface area is 105 Å². The summed E-state index contributed by atoms with van der Waals surface area (Å²) in [5.74, 6) is 0.626. The summed E-state index contributed by atoms with van der Waals surface area (Å²) in [5, 5.41) is 0. The summed E-state index contributed by atoms with van der Waals surface area (Å²) in [4.78, 5) is 2.49. The van der Waals surface area contributed by atoms with Crippen molar-refractivity contribution in [2.75, 3.05) is 13.1 Å². The summed E-state index contributed by atoms with van der Waals surface area (Å²) < 4.78 is 0. The van der Waals surface area contributed by atoms with Gasteiger partial charge in [0.25, 0.3) is 0 Å². The first-order valence-electron chi connectivity index (χ1n) is 6.52. The van der Waals surface area contributed by atoms with Crippen molar-refractivity contribution >= 4 is 0 Å². The topological polar surface area (TPSA) is 29.3 Å². The smallest absolute Gasteiger partial charge is 0.0239 e. The van der Waals surface area contributed by atoms with E-state index in [1.807, 2.05) is 0 Å². The maximum Gasteiger partial charge on any atom is 0.0239 e. The Morgan fingerprint density at radius 3 is 2.24 bits per heavy atom. The molecule has 2 nitrogen and oxygen atoms in total. The van der Waals surface area contributed by atoms with Crippen LogP contribution in [0, 0.1) is 26.7 Å². The van der Waals surface area contributed by atoms with E-state index < -0.39 is 0 Å². The maximum atomic E-state index is 6.08. The highest BCUT2D eigenvalue weighted by Crippen LogP contribution is 2.22. The minimum Gasteiger partial charge on any atom is -0.326 e. The first-order valence-corrected chi connectivity index (χ1v) is 6.52. The van der Waals surface area contributed by atoms with Crippen LogP contribution in [-0.2, 0) is 6.54 Å². The molecule has 0 bridgehead atoms. The van der Waals surface area contributed by atoms with Gasteiger partial charge in [-0.1, -0.05) is 24.6 Å². The molecule has 2 unspecified atom stereocenters. The Balaban J connectivity index is 2.14. The molecule has 2 heteroatoms. The van der Waals surface area contributed by atoms with Crippen LogP contribution in [0.2, 0.25) is 0 Å². The molecule has 0 aliphatic carbocycles. The molecule has 0 amide bonds. The molecule has 0 spiro atoms. The van der Waals surface area contributed by atoms with E-state index in [4.69, 9.17) is 5.73 Å². The second-order valence-corrected chi connectivity index (χ2v) is 5.71. The molecule has 2 N–H and O–H groups in total. The van der Waals surface area contributed by atoms with Gasteiger partial charge in [-0.05, 0) is 43.4 Å². The molecule has 1 heterocycles. The minimum atomic E-state index is 0.348. The van der Waals surface area contributed by atoms with Crippen molar-refractivity contribution in [3.8, 4) is 0 Å². The average molecular weight is 232 g/mol. The van der Waals surface area contributed by atoms with Crippen LogP contribution in [0.3, 0.4) is 0 Å². The summed E-state index contributed by atoms with van der Waals surface area (Å²) in [6.07, 6.45) is 0. The number of aryl methyl sites for hydroxylation is 3. The van der Waals surface area contributed by atoms with Gasteiger partial charge in [-0.2, -0.15) is 0 Å². The normalized spacial score (nSPS) is 25.5. The summed E-state index contributed by atoms with van der Waals surface area (Å²) in [6.45, 7) is 12.1. The molecule has 1 aromatic carbocycles. The van der Waals surface area contributed by atoms with Crippen LogP contribution in [0.1, 0.15) is 29.2 Å². The Kier molecular flexibility index (Phi) is 3.55. The first-order chi connectivity index (χ1) is 7.97. The molecule has 1 fully saturated rings. The Morgan fingerprint density at radius 1 is 1.18 bits per heavy atom. The molecular formula is C15H24N2. The van der Waals surface area contributed by atoms with Crippen LogP contribution in [0.5, 0.6) is 0 Å². The molecule has 1 saturated heterocycles. The first kappa shape index (κ1) is 12.6. The van der Waals surface area contributed by atoms with E-state index in [-0.39, 0.29) is 0 Å². The van der Waals surface area contributed by atoms with Crippen LogP contribution in [0.4, 0.5) is 0 Å². The highest BCUT2D eigenvalue weighted by Gasteiger charge is 2.26. The van der Waals surface area contributed by atoms with Crippen molar-refractivity contribution in [1.82, 2.24) is 4.90 Å². The fraction of sp³-hybridized carbons (Fsp3) is 0.600. The van der Waals surface area contributed by atoms with Gasteiger partial charge in [0.15, 0.2) is 0 Å². The lowest BCUT2D eigenvalue weighted by Gasteiger charge is -2.19. The molecule has 2 atom stereocenters. The summed E-state index contributed by atoms with van der Waals surface area (Å²) in [7, 11) is 0. The van der Waals surface area contributed by atoms with Crippen molar-refractivity contribution in [3.05, 3.63) is 34.4 Å². The lowest BCUT2D eigenvalue weighted by atomic mass is 9.99. The third kappa shape index (κ3) is 2.70. The third-order valence-corrected chi connectivity index (χ3v) is 3.97. The van der Waals surface area contributed by atoms with Crippen molar-refractivity contribution in [2.45, 2.75) is 40.3 Å². The van der Waals surface area contributed by atoms with E-state index >= 15 is 0 Å². The quantitative estimate of drug-likeness (QED) is 0.848. The van der Waals surface area contributed by atoms with Gasteiger partial charge in [-0.15, -0.1) is 0 Å². The lowest BCUT2D eigenvalue weighted by Crippen LogP contribution is -2.28. The fourth-order valence-electron chi connectivity index (χ4n) is 2.91. The minimum absolute atomic E-state index is 0.348. The van der Waals surface area contributed by atoms with Crippen molar-refractivity contribution < 1.29 is 0 Å². The molecule has 0 saturated carbocycles. The zero-order valence-corrected chi connectivity index (χ0v) is 11.5. The number of benzene rings is 1. The number of nitrogens with two attached hydrogens (primary N) is 1. The largest absolute Gasteiger partial charge is 0.326 e. The highest BCUT2D eigenvalue weighted by atomic mass is 15.2. The predicted molar refractivity (Wildman–Crippen MR) is 73.1 cm³/mol. The molecule has 1 aliphatic rings. The molecule has 1 aliphatic heterocycles. The number of hydrogen-bond donors (Lipinski definition) is 1. The molecule has 1 aromatic rings. The van der Waals surface area contributed by atoms with E-state index in [2.05, 4.69) is 44.7 Å². The molecule has 0 aromatic heterocycles. The van der Waals surface area contributed by atoms with Gasteiger partial charge in [0.1, 0.15) is 0 Å². The van der Waals surface area contributed by atoms with Crippen LogP contribution < -0.4 is 5.73 Å². The van der Waals surface area contributed by atoms with Crippen LogP contribution in [0.25, 0.3) is 0 Å². The van der Waals surface area contributed by atoms with Crippen LogP contribution >= 0.6 is 0 Å². The number of likely N-dealkylation sites (tertiary alicyclic amines) is 1. The zero-order valence-electron chi connectivity index (χ0n) is 11.5. The number of hydrogen-bond acceptors (Lipinski definition) is 2. The average Bonchev–Trinajstić information content (AvgIpc) is 2.52. The Hall–Kier alpha value is -0.860. The standard InChI is InChI=1S/C15H24N2/c1-10-5-11(2)14(12(3)6-10)8-17-7-13(4)15(16)9-17/h5-6,13,15H,7-9,16H2,1-4H3. The Morgan fingerprint density at radius 2 is 1.76 bits per heavy atom. The maximum absolute atomic E-state index is 6.08. The molecule has 17 heavy (non-hydrogen) atoms. The van der Waals surface area contributed by atoms with Crippen LogP contribution in [0.15, 0.2) is 12.1 Å². The second kappa shape index (κ2) is 4.79. The molecule has 0 radical (unpaired) electrons. The van der Waals surface area contributed by atoms with Crippen molar-refractivity contribution in [2.24, 2.45) is 11.7 Å². The monoisotopic (exact) mass is 232 g/mol. The van der Waals surface area contributed by atoms with E-state index in [0.717, 1.165) is 19.6 Å². The van der Waals surface area contributed by atoms with E-state index in [9.17, 15) is 0 Å². The predicted octanol–water partition coefficient (Wildman–Crippen LogP) is 2.39. The van der Waals surface area contributed by atoms with Gasteiger partial charge >= 0.3 is 0 Å². The van der Waals surface area contributed by atoms with Crippen molar-refractivity contribution in [1.29, 1.82) is 0 Å². The number of nitrogens with zero attached hydrogens (tertiary/aromatic N) is 1. The zero-order chi connectivity index (χ0) is 12.6. The summed E-state index contributed by atoms with van der Waals surface area (Å²) >= 11 is 0. The highest BCUT2D eigenvalue weighted by molar-refractivity contribution is 5.37. The van der Waals surface area contributed by atoms with Gasteiger partial charge < -0.3 is 5.73 Å². The van der Waals surface area contributed by atoms with Gasteiger partial charge in [0.2, 0.25) is 0 Å². The third-order valence-electron chi connectivity index (χ3n) is 3.97. The fourth-order valence-corrected chi connectivity index (χ4v) is 2.91. The van der Waals surface area contributed by atoms with E-state index in [0.29, 0.717) is 12.0 Å². The summed E-state index contributed by atoms with van der Waals surface area (Å²) in [6, 6.07) is 4.91. The Bertz CT molecular complexity index is 378. The van der Waals surface area contributed by atoms with Crippen molar-refractivity contribution in [3.63, 3.8) is 0 Å². The van der Waals surface area contributed by atoms with Crippen LogP contribution in [-0.4, -0.2) is 24.0 Å². The van der Waals surface area contributed by atoms with Gasteiger partial charge in [0, 0.05) is 25.7 Å². The molecule has 94 valence electrons. The van der Waals surface area contributed by atoms with E-state index in [1.165, 1.54) is 22.3 Å². The van der Waals surface area contributed by atoms with Gasteiger partial charge in [-0.3, -0.25) is 4.90 Å². The number of rotatable bonds is 2. The van der Waals surface area contributed by atoms with Gasteiger partial charge in [-0.25, -0.2) is 0 Å². The summed E-state index contributed by atoms with van der Waals surface area (Å²) in [5.41, 5.74) is 11.7. The second-order valence-electron chi connectivity index (χ2n) is 5.71. The molecule has 2 rings (SSSR count). The lowest BCUT2D eigenvalue weighted by molar-refractivity contribution is 0.317.